The van der Waals surface area contributed by atoms with Gasteiger partial charge in [0, 0.05) is 24.1 Å². The zero-order valence-electron chi connectivity index (χ0n) is 16.0. The lowest BCUT2D eigenvalue weighted by molar-refractivity contribution is -0.116. The number of fused-ring (bicyclic) bond motifs is 1. The number of rotatable bonds is 5. The maximum atomic E-state index is 12.4. The fraction of sp³-hybridized carbons (Fsp3) is 0.364. The summed E-state index contributed by atoms with van der Waals surface area (Å²) in [6.45, 7) is 7.41. The van der Waals surface area contributed by atoms with Crippen molar-refractivity contribution in [1.82, 2.24) is 0 Å². The Kier molecular flexibility index (Phi) is 5.49. The molecular weight excluding hydrogens is 342 g/mol. The molecule has 0 aliphatic carbocycles. The molecule has 5 nitrogen and oxygen atoms in total. The molecule has 2 aromatic rings. The second-order valence-corrected chi connectivity index (χ2v) is 7.66. The monoisotopic (exact) mass is 367 g/mol. The normalized spacial score (nSPS) is 13.1. The van der Waals surface area contributed by atoms with Gasteiger partial charge in [-0.25, -0.2) is 0 Å². The molecule has 1 aliphatic rings. The van der Waals surface area contributed by atoms with Crippen LogP contribution in [-0.2, 0) is 10.2 Å². The summed E-state index contributed by atoms with van der Waals surface area (Å²) in [5.74, 6) is 0.958. The maximum Gasteiger partial charge on any atom is 0.224 e. The third-order valence-corrected chi connectivity index (χ3v) is 4.48. The van der Waals surface area contributed by atoms with Gasteiger partial charge in [0.1, 0.15) is 13.2 Å². The summed E-state index contributed by atoms with van der Waals surface area (Å²) < 4.78 is 10.9. The maximum absolute atomic E-state index is 12.4. The van der Waals surface area contributed by atoms with E-state index in [9.17, 15) is 9.59 Å². The number of carbonyl (C=O) groups excluding carboxylic acids is 2. The average Bonchev–Trinajstić information content (AvgIpc) is 2.65. The lowest BCUT2D eigenvalue weighted by atomic mass is 9.87. The quantitative estimate of drug-likeness (QED) is 0.798. The van der Waals surface area contributed by atoms with Gasteiger partial charge in [0.2, 0.25) is 5.91 Å². The molecule has 1 amide bonds. The van der Waals surface area contributed by atoms with Crippen LogP contribution in [0.5, 0.6) is 11.5 Å². The van der Waals surface area contributed by atoms with Gasteiger partial charge in [0.15, 0.2) is 17.3 Å². The summed E-state index contributed by atoms with van der Waals surface area (Å²) >= 11 is 0. The van der Waals surface area contributed by atoms with Gasteiger partial charge in [0.05, 0.1) is 0 Å². The van der Waals surface area contributed by atoms with Crippen molar-refractivity contribution in [1.29, 1.82) is 0 Å². The molecule has 1 N–H and O–H groups in total. The van der Waals surface area contributed by atoms with Crippen molar-refractivity contribution in [2.24, 2.45) is 0 Å². The number of amides is 1. The molecule has 2 aromatic carbocycles. The number of hydrogen-bond donors (Lipinski definition) is 1. The van der Waals surface area contributed by atoms with E-state index in [1.165, 1.54) is 5.56 Å². The van der Waals surface area contributed by atoms with Crippen LogP contribution in [0.25, 0.3) is 0 Å². The molecule has 5 heteroatoms. The summed E-state index contributed by atoms with van der Waals surface area (Å²) in [6.07, 6.45) is 0.278. The van der Waals surface area contributed by atoms with Gasteiger partial charge in [-0.2, -0.15) is 0 Å². The van der Waals surface area contributed by atoms with E-state index >= 15 is 0 Å². The predicted octanol–water partition coefficient (Wildman–Crippen LogP) is 4.36. The van der Waals surface area contributed by atoms with Crippen LogP contribution < -0.4 is 14.8 Å². The Morgan fingerprint density at radius 1 is 0.926 bits per heavy atom. The molecule has 1 aliphatic heterocycles. The number of benzene rings is 2. The lowest BCUT2D eigenvalue weighted by Gasteiger charge is -2.19. The van der Waals surface area contributed by atoms with Crippen molar-refractivity contribution >= 4 is 17.4 Å². The molecule has 0 atom stereocenters. The Bertz CT molecular complexity index is 834. The minimum Gasteiger partial charge on any atom is -0.486 e. The first-order valence-corrected chi connectivity index (χ1v) is 9.16. The average molecular weight is 367 g/mol. The Balaban J connectivity index is 1.53. The van der Waals surface area contributed by atoms with E-state index in [-0.39, 0.29) is 29.9 Å². The standard InChI is InChI=1S/C22H25NO4/c1-22(2,3)16-5-7-17(8-6-16)23-21(25)11-9-18(24)15-4-10-19-20(14-15)27-13-12-26-19/h4-8,10,14H,9,11-13H2,1-3H3,(H,23,25). The second-order valence-electron chi connectivity index (χ2n) is 7.66. The predicted molar refractivity (Wildman–Crippen MR) is 105 cm³/mol. The zero-order chi connectivity index (χ0) is 19.4. The Morgan fingerprint density at radius 3 is 2.26 bits per heavy atom. The van der Waals surface area contributed by atoms with Crippen LogP contribution in [-0.4, -0.2) is 24.9 Å². The fourth-order valence-corrected chi connectivity index (χ4v) is 2.87. The van der Waals surface area contributed by atoms with E-state index in [0.717, 1.165) is 5.69 Å². The fourth-order valence-electron chi connectivity index (χ4n) is 2.87. The first-order valence-electron chi connectivity index (χ1n) is 9.16. The smallest absolute Gasteiger partial charge is 0.224 e. The highest BCUT2D eigenvalue weighted by Crippen LogP contribution is 2.31. The van der Waals surface area contributed by atoms with Crippen LogP contribution in [0.2, 0.25) is 0 Å². The molecule has 0 radical (unpaired) electrons. The molecule has 142 valence electrons. The molecule has 0 unspecified atom stereocenters. The lowest BCUT2D eigenvalue weighted by Crippen LogP contribution is -2.16. The van der Waals surface area contributed by atoms with Crippen LogP contribution in [0, 0.1) is 0 Å². The Labute approximate surface area is 159 Å². The SMILES string of the molecule is CC(C)(C)c1ccc(NC(=O)CCC(=O)c2ccc3c(c2)OCCO3)cc1. The van der Waals surface area contributed by atoms with E-state index in [0.29, 0.717) is 30.3 Å². The summed E-state index contributed by atoms with van der Waals surface area (Å²) in [5, 5.41) is 2.84. The molecule has 0 spiro atoms. The first-order chi connectivity index (χ1) is 12.8. The number of Topliss-reactive ketones (excluding diaryl/α,β-unsaturated/α-hetero) is 1. The van der Waals surface area contributed by atoms with Crippen LogP contribution in [0.3, 0.4) is 0 Å². The summed E-state index contributed by atoms with van der Waals surface area (Å²) in [5.41, 5.74) is 2.54. The summed E-state index contributed by atoms with van der Waals surface area (Å²) in [6, 6.07) is 12.9. The first kappa shape index (κ1) is 19.0. The molecular formula is C22H25NO4. The third kappa shape index (κ3) is 4.88. The summed E-state index contributed by atoms with van der Waals surface area (Å²) in [4.78, 5) is 24.5. The number of anilines is 1. The minimum absolute atomic E-state index is 0.0680. The number of nitrogens with one attached hydrogen (secondary N) is 1. The number of hydrogen-bond acceptors (Lipinski definition) is 4. The largest absolute Gasteiger partial charge is 0.486 e. The van der Waals surface area contributed by atoms with Crippen LogP contribution in [0.4, 0.5) is 5.69 Å². The van der Waals surface area contributed by atoms with Crippen molar-refractivity contribution in [3.8, 4) is 11.5 Å². The Morgan fingerprint density at radius 2 is 1.59 bits per heavy atom. The van der Waals surface area contributed by atoms with Gasteiger partial charge in [-0.05, 0) is 41.3 Å². The number of carbonyl (C=O) groups is 2. The highest BCUT2D eigenvalue weighted by molar-refractivity contribution is 6.00. The van der Waals surface area contributed by atoms with Crippen LogP contribution in [0.1, 0.15) is 49.5 Å². The highest BCUT2D eigenvalue weighted by atomic mass is 16.6. The van der Waals surface area contributed by atoms with E-state index < -0.39 is 0 Å². The van der Waals surface area contributed by atoms with Crippen LogP contribution in [0.15, 0.2) is 42.5 Å². The van der Waals surface area contributed by atoms with Crippen molar-refractivity contribution < 1.29 is 19.1 Å². The Hall–Kier alpha value is -2.82. The summed E-state index contributed by atoms with van der Waals surface area (Å²) in [7, 11) is 0. The van der Waals surface area contributed by atoms with E-state index in [4.69, 9.17) is 9.47 Å². The molecule has 0 fully saturated rings. The van der Waals surface area contributed by atoms with Gasteiger partial charge in [-0.3, -0.25) is 9.59 Å². The van der Waals surface area contributed by atoms with Crippen LogP contribution >= 0.6 is 0 Å². The van der Waals surface area contributed by atoms with E-state index in [2.05, 4.69) is 26.1 Å². The van der Waals surface area contributed by atoms with Gasteiger partial charge in [-0.15, -0.1) is 0 Å². The number of ether oxygens (including phenoxy) is 2. The van der Waals surface area contributed by atoms with Crippen molar-refractivity contribution in [2.45, 2.75) is 39.0 Å². The third-order valence-electron chi connectivity index (χ3n) is 4.48. The highest BCUT2D eigenvalue weighted by Gasteiger charge is 2.16. The van der Waals surface area contributed by atoms with Gasteiger partial charge >= 0.3 is 0 Å². The molecule has 0 bridgehead atoms. The van der Waals surface area contributed by atoms with Crippen molar-refractivity contribution in [3.63, 3.8) is 0 Å². The molecule has 0 saturated carbocycles. The van der Waals surface area contributed by atoms with Gasteiger partial charge in [0.25, 0.3) is 0 Å². The molecule has 0 saturated heterocycles. The van der Waals surface area contributed by atoms with Gasteiger partial charge in [-0.1, -0.05) is 32.9 Å². The topological polar surface area (TPSA) is 64.6 Å². The molecule has 1 heterocycles. The van der Waals surface area contributed by atoms with E-state index in [1.807, 2.05) is 24.3 Å². The number of ketones is 1. The zero-order valence-corrected chi connectivity index (χ0v) is 16.0. The van der Waals surface area contributed by atoms with Crippen molar-refractivity contribution in [2.75, 3.05) is 18.5 Å². The van der Waals surface area contributed by atoms with Crippen molar-refractivity contribution in [3.05, 3.63) is 53.6 Å². The van der Waals surface area contributed by atoms with E-state index in [1.54, 1.807) is 18.2 Å². The van der Waals surface area contributed by atoms with Gasteiger partial charge < -0.3 is 14.8 Å². The molecule has 27 heavy (non-hydrogen) atoms. The second kappa shape index (κ2) is 7.82. The molecule has 3 rings (SSSR count). The minimum atomic E-state index is -0.176. The molecule has 0 aromatic heterocycles.